The van der Waals surface area contributed by atoms with Gasteiger partial charge in [-0.25, -0.2) is 0 Å². The number of hydrogen-bond donors (Lipinski definition) is 0. The standard InChI is InChI=1S/C16H24BrClN2/c1-12(13-6-8-19(2)9-7-13)20(3)11-14-4-5-15(18)10-16(14)17/h4-5,10,12-13H,6-9,11H2,1-3H3. The lowest BCUT2D eigenvalue weighted by atomic mass is 9.89. The molecule has 0 aliphatic carbocycles. The van der Waals surface area contributed by atoms with E-state index in [0.717, 1.165) is 22.0 Å². The molecule has 0 amide bonds. The van der Waals surface area contributed by atoms with Crippen molar-refractivity contribution in [3.63, 3.8) is 0 Å². The van der Waals surface area contributed by atoms with Gasteiger partial charge in [0.2, 0.25) is 0 Å². The molecule has 2 nitrogen and oxygen atoms in total. The van der Waals surface area contributed by atoms with Crippen LogP contribution in [0.4, 0.5) is 0 Å². The zero-order valence-corrected chi connectivity index (χ0v) is 14.9. The molecule has 1 aliphatic rings. The Kier molecular flexibility index (Phi) is 5.91. The summed E-state index contributed by atoms with van der Waals surface area (Å²) in [6, 6.07) is 6.68. The van der Waals surface area contributed by atoms with E-state index in [4.69, 9.17) is 11.6 Å². The fourth-order valence-corrected chi connectivity index (χ4v) is 3.74. The quantitative estimate of drug-likeness (QED) is 0.792. The Morgan fingerprint density at radius 3 is 2.65 bits per heavy atom. The van der Waals surface area contributed by atoms with Gasteiger partial charge in [0.25, 0.3) is 0 Å². The van der Waals surface area contributed by atoms with Crippen LogP contribution >= 0.6 is 27.5 Å². The molecule has 1 unspecified atom stereocenters. The molecule has 1 aromatic rings. The third-order valence-electron chi connectivity index (χ3n) is 4.58. The van der Waals surface area contributed by atoms with Crippen molar-refractivity contribution in [2.24, 2.45) is 5.92 Å². The molecule has 0 bridgehead atoms. The monoisotopic (exact) mass is 358 g/mol. The van der Waals surface area contributed by atoms with E-state index in [9.17, 15) is 0 Å². The fraction of sp³-hybridized carbons (Fsp3) is 0.625. The first-order valence-electron chi connectivity index (χ1n) is 7.30. The van der Waals surface area contributed by atoms with E-state index in [0.29, 0.717) is 6.04 Å². The third kappa shape index (κ3) is 4.20. The molecule has 1 heterocycles. The summed E-state index contributed by atoms with van der Waals surface area (Å²) in [5.41, 5.74) is 1.30. The van der Waals surface area contributed by atoms with E-state index in [1.54, 1.807) is 0 Å². The minimum atomic E-state index is 0.617. The molecule has 1 fully saturated rings. The second kappa shape index (κ2) is 7.26. The van der Waals surface area contributed by atoms with Crippen LogP contribution in [0.3, 0.4) is 0 Å². The van der Waals surface area contributed by atoms with Gasteiger partial charge in [0.05, 0.1) is 0 Å². The molecule has 1 aliphatic heterocycles. The predicted molar refractivity (Wildman–Crippen MR) is 90.3 cm³/mol. The zero-order valence-electron chi connectivity index (χ0n) is 12.6. The molecular formula is C16H24BrClN2. The van der Waals surface area contributed by atoms with Crippen molar-refractivity contribution >= 4 is 27.5 Å². The van der Waals surface area contributed by atoms with E-state index in [1.807, 2.05) is 12.1 Å². The van der Waals surface area contributed by atoms with Gasteiger partial charge in [-0.05, 0) is 70.6 Å². The summed E-state index contributed by atoms with van der Waals surface area (Å²) in [6.45, 7) is 5.78. The average Bonchev–Trinajstić information content (AvgIpc) is 2.42. The first-order valence-corrected chi connectivity index (χ1v) is 8.47. The Hall–Kier alpha value is -0.0900. The summed E-state index contributed by atoms with van der Waals surface area (Å²) in [6.07, 6.45) is 2.62. The maximum Gasteiger partial charge on any atom is 0.0417 e. The summed E-state index contributed by atoms with van der Waals surface area (Å²) >= 11 is 9.61. The molecule has 1 atom stereocenters. The van der Waals surface area contributed by atoms with Gasteiger partial charge in [-0.2, -0.15) is 0 Å². The Morgan fingerprint density at radius 2 is 2.05 bits per heavy atom. The van der Waals surface area contributed by atoms with Crippen molar-refractivity contribution in [2.75, 3.05) is 27.2 Å². The second-order valence-electron chi connectivity index (χ2n) is 6.03. The van der Waals surface area contributed by atoms with Crippen LogP contribution < -0.4 is 0 Å². The largest absolute Gasteiger partial charge is 0.306 e. The molecule has 0 saturated carbocycles. The number of rotatable bonds is 4. The lowest BCUT2D eigenvalue weighted by Gasteiger charge is -2.37. The zero-order chi connectivity index (χ0) is 14.7. The van der Waals surface area contributed by atoms with Crippen LogP contribution in [0, 0.1) is 5.92 Å². The third-order valence-corrected chi connectivity index (χ3v) is 5.55. The van der Waals surface area contributed by atoms with E-state index in [2.05, 4.69) is 52.8 Å². The highest BCUT2D eigenvalue weighted by molar-refractivity contribution is 9.10. The first kappa shape index (κ1) is 16.3. The summed E-state index contributed by atoms with van der Waals surface area (Å²) in [4.78, 5) is 4.89. The van der Waals surface area contributed by atoms with Crippen LogP contribution in [-0.2, 0) is 6.54 Å². The van der Waals surface area contributed by atoms with Gasteiger partial charge in [-0.15, -0.1) is 0 Å². The molecule has 4 heteroatoms. The maximum atomic E-state index is 6.00. The van der Waals surface area contributed by atoms with Crippen LogP contribution in [0.5, 0.6) is 0 Å². The van der Waals surface area contributed by atoms with Crippen LogP contribution in [0.15, 0.2) is 22.7 Å². The number of halogens is 2. The highest BCUT2D eigenvalue weighted by Gasteiger charge is 2.25. The van der Waals surface area contributed by atoms with Crippen LogP contribution in [0.25, 0.3) is 0 Å². The molecule has 2 rings (SSSR count). The van der Waals surface area contributed by atoms with Crippen LogP contribution in [-0.4, -0.2) is 43.0 Å². The normalized spacial score (nSPS) is 19.5. The van der Waals surface area contributed by atoms with E-state index >= 15 is 0 Å². The van der Waals surface area contributed by atoms with E-state index < -0.39 is 0 Å². The van der Waals surface area contributed by atoms with Gasteiger partial charge in [0.1, 0.15) is 0 Å². The van der Waals surface area contributed by atoms with Gasteiger partial charge in [-0.3, -0.25) is 4.90 Å². The molecule has 1 aromatic carbocycles. The Balaban J connectivity index is 1.95. The molecule has 20 heavy (non-hydrogen) atoms. The van der Waals surface area contributed by atoms with Gasteiger partial charge in [-0.1, -0.05) is 33.6 Å². The number of piperidine rings is 1. The van der Waals surface area contributed by atoms with Gasteiger partial charge >= 0.3 is 0 Å². The highest BCUT2D eigenvalue weighted by atomic mass is 79.9. The molecule has 112 valence electrons. The van der Waals surface area contributed by atoms with Gasteiger partial charge in [0, 0.05) is 22.1 Å². The molecule has 0 N–H and O–H groups in total. The van der Waals surface area contributed by atoms with E-state index in [-0.39, 0.29) is 0 Å². The fourth-order valence-electron chi connectivity index (χ4n) is 2.93. The minimum Gasteiger partial charge on any atom is -0.306 e. The molecule has 0 aromatic heterocycles. The van der Waals surface area contributed by atoms with Crippen LogP contribution in [0.1, 0.15) is 25.3 Å². The van der Waals surface area contributed by atoms with Crippen molar-refractivity contribution in [1.82, 2.24) is 9.80 Å². The number of benzene rings is 1. The smallest absolute Gasteiger partial charge is 0.0417 e. The molecule has 0 radical (unpaired) electrons. The number of likely N-dealkylation sites (tertiary alicyclic amines) is 1. The molecule has 0 spiro atoms. The summed E-state index contributed by atoms with van der Waals surface area (Å²) in [5, 5.41) is 0.784. The van der Waals surface area contributed by atoms with Crippen LogP contribution in [0.2, 0.25) is 5.02 Å². The maximum absolute atomic E-state index is 6.00. The molecule has 1 saturated heterocycles. The Bertz CT molecular complexity index is 444. The van der Waals surface area contributed by atoms with E-state index in [1.165, 1.54) is 31.5 Å². The minimum absolute atomic E-state index is 0.617. The lowest BCUT2D eigenvalue weighted by Crippen LogP contribution is -2.41. The second-order valence-corrected chi connectivity index (χ2v) is 7.32. The summed E-state index contributed by atoms with van der Waals surface area (Å²) in [5.74, 6) is 0.808. The summed E-state index contributed by atoms with van der Waals surface area (Å²) in [7, 11) is 4.44. The van der Waals surface area contributed by atoms with Crippen molar-refractivity contribution in [1.29, 1.82) is 0 Å². The topological polar surface area (TPSA) is 6.48 Å². The van der Waals surface area contributed by atoms with Gasteiger partial charge in [0.15, 0.2) is 0 Å². The first-order chi connectivity index (χ1) is 9.47. The predicted octanol–water partition coefficient (Wildman–Crippen LogP) is 4.26. The number of nitrogens with zero attached hydrogens (tertiary/aromatic N) is 2. The lowest BCUT2D eigenvalue weighted by molar-refractivity contribution is 0.120. The Labute approximate surface area is 136 Å². The highest BCUT2D eigenvalue weighted by Crippen LogP contribution is 2.26. The van der Waals surface area contributed by atoms with Crippen molar-refractivity contribution < 1.29 is 0 Å². The average molecular weight is 360 g/mol. The Morgan fingerprint density at radius 1 is 1.40 bits per heavy atom. The van der Waals surface area contributed by atoms with Crippen molar-refractivity contribution in [3.8, 4) is 0 Å². The SMILES string of the molecule is CC(C1CCN(C)CC1)N(C)Cc1ccc(Cl)cc1Br. The van der Waals surface area contributed by atoms with Gasteiger partial charge < -0.3 is 4.90 Å². The van der Waals surface area contributed by atoms with Crippen molar-refractivity contribution in [2.45, 2.75) is 32.4 Å². The number of hydrogen-bond acceptors (Lipinski definition) is 2. The molecular weight excluding hydrogens is 336 g/mol. The van der Waals surface area contributed by atoms with Crippen molar-refractivity contribution in [3.05, 3.63) is 33.3 Å². The summed E-state index contributed by atoms with van der Waals surface area (Å²) < 4.78 is 1.10.